The molecular formula is C20H25NO. The van der Waals surface area contributed by atoms with Crippen LogP contribution in [0.25, 0.3) is 0 Å². The molecule has 0 saturated heterocycles. The molecule has 0 bridgehead atoms. The van der Waals surface area contributed by atoms with E-state index in [9.17, 15) is 5.11 Å². The van der Waals surface area contributed by atoms with Gasteiger partial charge in [0, 0.05) is 11.3 Å². The fourth-order valence-electron chi connectivity index (χ4n) is 4.76. The average Bonchev–Trinajstić information content (AvgIpc) is 3.08. The smallest absolute Gasteiger partial charge is 0.116 e. The second kappa shape index (κ2) is 4.98. The van der Waals surface area contributed by atoms with Crippen molar-refractivity contribution in [3.05, 3.63) is 48.0 Å². The quantitative estimate of drug-likeness (QED) is 0.682. The number of fused-ring (bicyclic) bond motifs is 1. The van der Waals surface area contributed by atoms with Crippen LogP contribution in [-0.2, 0) is 5.41 Å². The van der Waals surface area contributed by atoms with Crippen molar-refractivity contribution in [1.82, 2.24) is 4.90 Å². The maximum atomic E-state index is 11.7. The minimum Gasteiger partial charge on any atom is -0.385 e. The number of likely N-dealkylation sites (N-methyl/N-ethyl adjacent to an activating group) is 1. The number of hydrogen-bond acceptors (Lipinski definition) is 2. The topological polar surface area (TPSA) is 23.5 Å². The Bertz CT molecular complexity index is 627. The molecule has 0 aromatic heterocycles. The van der Waals surface area contributed by atoms with E-state index in [0.29, 0.717) is 6.42 Å². The normalized spacial score (nSPS) is 39.4. The van der Waals surface area contributed by atoms with E-state index in [2.05, 4.69) is 55.9 Å². The number of benzene rings is 1. The Morgan fingerprint density at radius 2 is 1.91 bits per heavy atom. The van der Waals surface area contributed by atoms with Crippen LogP contribution in [0.1, 0.15) is 32.8 Å². The van der Waals surface area contributed by atoms with Gasteiger partial charge in [-0.3, -0.25) is 4.90 Å². The molecule has 1 fully saturated rings. The minimum absolute atomic E-state index is 0.0767. The van der Waals surface area contributed by atoms with E-state index in [1.165, 1.54) is 5.56 Å². The first kappa shape index (κ1) is 15.3. The van der Waals surface area contributed by atoms with Gasteiger partial charge in [0.05, 0.1) is 0 Å². The monoisotopic (exact) mass is 295 g/mol. The van der Waals surface area contributed by atoms with Gasteiger partial charge in [-0.25, -0.2) is 0 Å². The number of terminal acetylenes is 1. The van der Waals surface area contributed by atoms with Crippen molar-refractivity contribution in [1.29, 1.82) is 0 Å². The Morgan fingerprint density at radius 1 is 1.27 bits per heavy atom. The van der Waals surface area contributed by atoms with E-state index in [1.54, 1.807) is 0 Å². The SMILES string of the molecule is C#C[C@]1(N(CC)CC)CC=C[C@@H]2[C@@]1(O)[C@]2(C)c1ccccc1. The highest BCUT2D eigenvalue weighted by Crippen LogP contribution is 2.71. The zero-order valence-corrected chi connectivity index (χ0v) is 13.7. The van der Waals surface area contributed by atoms with Crippen LogP contribution in [0.15, 0.2) is 42.5 Å². The van der Waals surface area contributed by atoms with Crippen molar-refractivity contribution in [3.8, 4) is 12.3 Å². The summed E-state index contributed by atoms with van der Waals surface area (Å²) in [5, 5.41) is 11.7. The first-order valence-electron chi connectivity index (χ1n) is 8.20. The van der Waals surface area contributed by atoms with E-state index in [-0.39, 0.29) is 11.3 Å². The molecule has 0 spiro atoms. The van der Waals surface area contributed by atoms with Crippen molar-refractivity contribution in [2.75, 3.05) is 13.1 Å². The molecule has 2 nitrogen and oxygen atoms in total. The molecule has 4 atom stereocenters. The first-order chi connectivity index (χ1) is 10.5. The highest BCUT2D eigenvalue weighted by Gasteiger charge is 2.82. The lowest BCUT2D eigenvalue weighted by molar-refractivity contribution is -0.0312. The third kappa shape index (κ3) is 1.54. The summed E-state index contributed by atoms with van der Waals surface area (Å²) >= 11 is 0. The van der Waals surface area contributed by atoms with Gasteiger partial charge in [-0.1, -0.05) is 69.2 Å². The summed E-state index contributed by atoms with van der Waals surface area (Å²) in [5.74, 6) is 3.08. The van der Waals surface area contributed by atoms with Crippen molar-refractivity contribution < 1.29 is 5.11 Å². The summed E-state index contributed by atoms with van der Waals surface area (Å²) in [6.07, 6.45) is 11.0. The van der Waals surface area contributed by atoms with E-state index >= 15 is 0 Å². The molecule has 0 amide bonds. The number of nitrogens with zero attached hydrogens (tertiary/aromatic N) is 1. The van der Waals surface area contributed by atoms with Gasteiger partial charge in [0.15, 0.2) is 0 Å². The molecule has 0 radical (unpaired) electrons. The zero-order chi connectivity index (χ0) is 16.0. The van der Waals surface area contributed by atoms with E-state index in [0.717, 1.165) is 13.1 Å². The van der Waals surface area contributed by atoms with Gasteiger partial charge in [0.25, 0.3) is 0 Å². The standard InChI is InChI=1S/C20H25NO/c1-5-19(21(6-2)7-3)15-11-14-17-18(4,20(17,19)22)16-12-9-8-10-13-16/h1,8-14,17,22H,6-7,15H2,2-4H3/t17-,18+,19-,20+/m0/s1. The van der Waals surface area contributed by atoms with Crippen LogP contribution in [-0.4, -0.2) is 34.2 Å². The lowest BCUT2D eigenvalue weighted by Gasteiger charge is -2.45. The molecule has 1 saturated carbocycles. The Balaban J connectivity index is 2.14. The maximum Gasteiger partial charge on any atom is 0.116 e. The average molecular weight is 295 g/mol. The largest absolute Gasteiger partial charge is 0.385 e. The van der Waals surface area contributed by atoms with Gasteiger partial charge in [0.1, 0.15) is 11.1 Å². The predicted octanol–water partition coefficient (Wildman–Crippen LogP) is 2.98. The van der Waals surface area contributed by atoms with E-state index < -0.39 is 11.1 Å². The third-order valence-corrected chi connectivity index (χ3v) is 6.07. The molecule has 1 N–H and O–H groups in total. The van der Waals surface area contributed by atoms with E-state index in [1.807, 2.05) is 18.2 Å². The Morgan fingerprint density at radius 3 is 2.45 bits per heavy atom. The predicted molar refractivity (Wildman–Crippen MR) is 90.5 cm³/mol. The molecule has 1 aromatic rings. The lowest BCUT2D eigenvalue weighted by atomic mass is 9.77. The highest BCUT2D eigenvalue weighted by atomic mass is 16.3. The molecule has 3 rings (SSSR count). The van der Waals surface area contributed by atoms with Crippen LogP contribution in [0, 0.1) is 18.3 Å². The molecule has 2 aliphatic carbocycles. The molecule has 1 aromatic carbocycles. The summed E-state index contributed by atoms with van der Waals surface area (Å²) in [6, 6.07) is 10.3. The fourth-order valence-corrected chi connectivity index (χ4v) is 4.76. The van der Waals surface area contributed by atoms with Crippen LogP contribution in [0.5, 0.6) is 0 Å². The van der Waals surface area contributed by atoms with Gasteiger partial charge in [0.2, 0.25) is 0 Å². The first-order valence-corrected chi connectivity index (χ1v) is 8.20. The third-order valence-electron chi connectivity index (χ3n) is 6.07. The summed E-state index contributed by atoms with van der Waals surface area (Å²) in [7, 11) is 0. The Hall–Kier alpha value is -1.56. The van der Waals surface area contributed by atoms with Crippen LogP contribution in [0.2, 0.25) is 0 Å². The highest BCUT2D eigenvalue weighted by molar-refractivity contribution is 5.54. The summed E-state index contributed by atoms with van der Waals surface area (Å²) < 4.78 is 0. The van der Waals surface area contributed by atoms with Gasteiger partial charge < -0.3 is 5.11 Å². The second-order valence-electron chi connectivity index (χ2n) is 6.62. The summed E-state index contributed by atoms with van der Waals surface area (Å²) in [4.78, 5) is 2.25. The van der Waals surface area contributed by atoms with Gasteiger partial charge in [-0.2, -0.15) is 0 Å². The van der Waals surface area contributed by atoms with Crippen LogP contribution in [0.4, 0.5) is 0 Å². The molecule has 116 valence electrons. The molecule has 0 aliphatic heterocycles. The van der Waals surface area contributed by atoms with Crippen LogP contribution < -0.4 is 0 Å². The van der Waals surface area contributed by atoms with E-state index in [4.69, 9.17) is 6.42 Å². The number of aliphatic hydroxyl groups is 1. The summed E-state index contributed by atoms with van der Waals surface area (Å²) in [5.41, 5.74) is -0.686. The molecular weight excluding hydrogens is 270 g/mol. The van der Waals surface area contributed by atoms with Crippen molar-refractivity contribution in [3.63, 3.8) is 0 Å². The second-order valence-corrected chi connectivity index (χ2v) is 6.62. The fraction of sp³-hybridized carbons (Fsp3) is 0.500. The van der Waals surface area contributed by atoms with Gasteiger partial charge >= 0.3 is 0 Å². The zero-order valence-electron chi connectivity index (χ0n) is 13.7. The number of rotatable bonds is 4. The summed E-state index contributed by atoms with van der Waals surface area (Å²) in [6.45, 7) is 8.06. The number of hydrogen-bond donors (Lipinski definition) is 1. The molecule has 2 heteroatoms. The lowest BCUT2D eigenvalue weighted by Crippen LogP contribution is -2.60. The van der Waals surface area contributed by atoms with Gasteiger partial charge in [-0.05, 0) is 25.1 Å². The molecule has 2 aliphatic rings. The molecule has 0 unspecified atom stereocenters. The minimum atomic E-state index is -0.906. The molecule has 0 heterocycles. The maximum absolute atomic E-state index is 11.7. The Kier molecular flexibility index (Phi) is 3.47. The van der Waals surface area contributed by atoms with Crippen molar-refractivity contribution >= 4 is 0 Å². The van der Waals surface area contributed by atoms with Crippen molar-refractivity contribution in [2.24, 2.45) is 5.92 Å². The van der Waals surface area contributed by atoms with Crippen molar-refractivity contribution in [2.45, 2.75) is 43.7 Å². The molecule has 22 heavy (non-hydrogen) atoms. The van der Waals surface area contributed by atoms with Gasteiger partial charge in [-0.15, -0.1) is 6.42 Å². The van der Waals surface area contributed by atoms with Crippen LogP contribution in [0.3, 0.4) is 0 Å². The van der Waals surface area contributed by atoms with Crippen LogP contribution >= 0.6 is 0 Å². The Labute approximate surface area is 133 Å².